The van der Waals surface area contributed by atoms with Crippen molar-refractivity contribution in [1.82, 2.24) is 9.78 Å². The Hall–Kier alpha value is -3.08. The summed E-state index contributed by atoms with van der Waals surface area (Å²) in [6.07, 6.45) is 2.70. The predicted molar refractivity (Wildman–Crippen MR) is 98.1 cm³/mol. The van der Waals surface area contributed by atoms with E-state index in [0.29, 0.717) is 17.9 Å². The Bertz CT molecular complexity index is 836. The number of benzene rings is 2. The summed E-state index contributed by atoms with van der Waals surface area (Å²) in [6, 6.07) is 17.2. The van der Waals surface area contributed by atoms with E-state index in [4.69, 9.17) is 4.74 Å². The van der Waals surface area contributed by atoms with Gasteiger partial charge in [-0.1, -0.05) is 31.2 Å². The van der Waals surface area contributed by atoms with E-state index < -0.39 is 0 Å². The van der Waals surface area contributed by atoms with E-state index in [1.54, 1.807) is 48.3 Å². The minimum atomic E-state index is -0.175. The molecule has 0 aliphatic rings. The van der Waals surface area contributed by atoms with Crippen molar-refractivity contribution in [1.29, 1.82) is 0 Å². The van der Waals surface area contributed by atoms with Gasteiger partial charge in [-0.3, -0.25) is 4.79 Å². The molecule has 5 nitrogen and oxygen atoms in total. The second kappa shape index (κ2) is 7.66. The zero-order valence-corrected chi connectivity index (χ0v) is 14.4. The van der Waals surface area contributed by atoms with E-state index in [1.807, 2.05) is 0 Å². The summed E-state index contributed by atoms with van der Waals surface area (Å²) in [5, 5.41) is 7.22. The largest absolute Gasteiger partial charge is 0.497 e. The second-order valence-corrected chi connectivity index (χ2v) is 5.73. The minimum absolute atomic E-state index is 0.175. The molecule has 0 fully saturated rings. The van der Waals surface area contributed by atoms with Crippen LogP contribution in [0.3, 0.4) is 0 Å². The van der Waals surface area contributed by atoms with Gasteiger partial charge in [-0.25, -0.2) is 4.68 Å². The highest BCUT2D eigenvalue weighted by atomic mass is 16.5. The third-order valence-corrected chi connectivity index (χ3v) is 4.07. The Morgan fingerprint density at radius 1 is 1.04 bits per heavy atom. The van der Waals surface area contributed by atoms with Crippen LogP contribution in [0.1, 0.15) is 28.4 Å². The molecule has 0 unspecified atom stereocenters. The number of anilines is 1. The van der Waals surface area contributed by atoms with Crippen molar-refractivity contribution in [2.24, 2.45) is 0 Å². The van der Waals surface area contributed by atoms with Gasteiger partial charge < -0.3 is 10.1 Å². The minimum Gasteiger partial charge on any atom is -0.497 e. The van der Waals surface area contributed by atoms with Crippen LogP contribution in [0.2, 0.25) is 0 Å². The van der Waals surface area contributed by atoms with E-state index in [2.05, 4.69) is 41.6 Å². The van der Waals surface area contributed by atoms with Crippen molar-refractivity contribution in [2.45, 2.75) is 19.9 Å². The van der Waals surface area contributed by atoms with Crippen LogP contribution in [-0.2, 0) is 13.0 Å². The summed E-state index contributed by atoms with van der Waals surface area (Å²) >= 11 is 0. The zero-order valence-electron chi connectivity index (χ0n) is 14.4. The molecule has 0 aliphatic carbocycles. The van der Waals surface area contributed by atoms with Gasteiger partial charge in [0.05, 0.1) is 19.9 Å². The van der Waals surface area contributed by atoms with Crippen LogP contribution in [0.4, 0.5) is 5.82 Å². The van der Waals surface area contributed by atoms with Crippen LogP contribution in [0.5, 0.6) is 5.75 Å². The van der Waals surface area contributed by atoms with Gasteiger partial charge in [0.15, 0.2) is 0 Å². The number of methoxy groups -OCH3 is 1. The van der Waals surface area contributed by atoms with Gasteiger partial charge in [-0.2, -0.15) is 5.10 Å². The smallest absolute Gasteiger partial charge is 0.256 e. The van der Waals surface area contributed by atoms with Gasteiger partial charge in [0, 0.05) is 11.6 Å². The number of hydrogen-bond acceptors (Lipinski definition) is 3. The topological polar surface area (TPSA) is 56.2 Å². The van der Waals surface area contributed by atoms with Crippen LogP contribution < -0.4 is 10.1 Å². The second-order valence-electron chi connectivity index (χ2n) is 5.73. The molecule has 0 atom stereocenters. The van der Waals surface area contributed by atoms with E-state index in [9.17, 15) is 4.79 Å². The molecule has 0 aliphatic heterocycles. The highest BCUT2D eigenvalue weighted by Gasteiger charge is 2.10. The molecule has 5 heteroatoms. The average Bonchev–Trinajstić information content (AvgIpc) is 3.09. The third kappa shape index (κ3) is 4.07. The molecular weight excluding hydrogens is 314 g/mol. The lowest BCUT2D eigenvalue weighted by Gasteiger charge is -2.10. The van der Waals surface area contributed by atoms with E-state index in [1.165, 1.54) is 5.56 Å². The third-order valence-electron chi connectivity index (χ3n) is 4.07. The standard InChI is InChI=1S/C20H21N3O2/c1-3-15-4-6-16(7-5-15)14-23-19(12-13-21-23)22-20(24)17-8-10-18(25-2)11-9-17/h4-13H,3,14H2,1-2H3,(H,22,24). The molecule has 1 N–H and O–H groups in total. The molecule has 0 saturated carbocycles. The van der Waals surface area contributed by atoms with Gasteiger partial charge in [-0.05, 0) is 41.8 Å². The fourth-order valence-electron chi connectivity index (χ4n) is 2.55. The van der Waals surface area contributed by atoms with Gasteiger partial charge in [0.25, 0.3) is 5.91 Å². The number of carbonyl (C=O) groups excluding carboxylic acids is 1. The molecule has 2 aromatic carbocycles. The van der Waals surface area contributed by atoms with Gasteiger partial charge >= 0.3 is 0 Å². The Kier molecular flexibility index (Phi) is 5.14. The molecule has 1 heterocycles. The number of aryl methyl sites for hydroxylation is 1. The van der Waals surface area contributed by atoms with E-state index in [0.717, 1.165) is 17.7 Å². The van der Waals surface area contributed by atoms with Crippen LogP contribution >= 0.6 is 0 Å². The van der Waals surface area contributed by atoms with Crippen LogP contribution in [-0.4, -0.2) is 22.8 Å². The highest BCUT2D eigenvalue weighted by Crippen LogP contribution is 2.15. The van der Waals surface area contributed by atoms with Crippen molar-refractivity contribution in [3.63, 3.8) is 0 Å². The maximum absolute atomic E-state index is 12.4. The van der Waals surface area contributed by atoms with E-state index in [-0.39, 0.29) is 5.91 Å². The molecule has 1 amide bonds. The van der Waals surface area contributed by atoms with Gasteiger partial charge in [0.1, 0.15) is 11.6 Å². The maximum atomic E-state index is 12.4. The fraction of sp³-hybridized carbons (Fsp3) is 0.200. The highest BCUT2D eigenvalue weighted by molar-refractivity contribution is 6.03. The Balaban J connectivity index is 1.70. The lowest BCUT2D eigenvalue weighted by atomic mass is 10.1. The normalized spacial score (nSPS) is 10.5. The van der Waals surface area contributed by atoms with Crippen molar-refractivity contribution < 1.29 is 9.53 Å². The summed E-state index contributed by atoms with van der Waals surface area (Å²) in [4.78, 5) is 12.4. The number of hydrogen-bond donors (Lipinski definition) is 1. The SMILES string of the molecule is CCc1ccc(Cn2nccc2NC(=O)c2ccc(OC)cc2)cc1. The number of ether oxygens (including phenoxy) is 1. The molecule has 0 radical (unpaired) electrons. The summed E-state index contributed by atoms with van der Waals surface area (Å²) < 4.78 is 6.89. The number of rotatable bonds is 6. The van der Waals surface area contributed by atoms with Gasteiger partial charge in [0.2, 0.25) is 0 Å². The molecule has 3 aromatic rings. The number of carbonyl (C=O) groups is 1. The number of aromatic nitrogens is 2. The Labute approximate surface area is 147 Å². The molecule has 0 saturated heterocycles. The first-order valence-electron chi connectivity index (χ1n) is 8.24. The Morgan fingerprint density at radius 3 is 2.36 bits per heavy atom. The lowest BCUT2D eigenvalue weighted by Crippen LogP contribution is -2.16. The van der Waals surface area contributed by atoms with Crippen molar-refractivity contribution in [3.8, 4) is 5.75 Å². The van der Waals surface area contributed by atoms with Crippen LogP contribution in [0.25, 0.3) is 0 Å². The van der Waals surface area contributed by atoms with Crippen molar-refractivity contribution in [3.05, 3.63) is 77.5 Å². The molecule has 25 heavy (non-hydrogen) atoms. The van der Waals surface area contributed by atoms with Crippen molar-refractivity contribution in [2.75, 3.05) is 12.4 Å². The van der Waals surface area contributed by atoms with Crippen molar-refractivity contribution >= 4 is 11.7 Å². The van der Waals surface area contributed by atoms with Crippen LogP contribution in [0.15, 0.2) is 60.8 Å². The summed E-state index contributed by atoms with van der Waals surface area (Å²) in [6.45, 7) is 2.74. The summed E-state index contributed by atoms with van der Waals surface area (Å²) in [7, 11) is 1.60. The molecule has 0 bridgehead atoms. The first kappa shape index (κ1) is 16.8. The Morgan fingerprint density at radius 2 is 1.72 bits per heavy atom. The monoisotopic (exact) mass is 335 g/mol. The number of nitrogens with zero attached hydrogens (tertiary/aromatic N) is 2. The quantitative estimate of drug-likeness (QED) is 0.746. The molecule has 0 spiro atoms. The molecule has 128 valence electrons. The van der Waals surface area contributed by atoms with E-state index >= 15 is 0 Å². The number of nitrogens with one attached hydrogen (secondary N) is 1. The zero-order chi connectivity index (χ0) is 17.6. The lowest BCUT2D eigenvalue weighted by molar-refractivity contribution is 0.102. The average molecular weight is 335 g/mol. The fourth-order valence-corrected chi connectivity index (χ4v) is 2.55. The molecular formula is C20H21N3O2. The predicted octanol–water partition coefficient (Wildman–Crippen LogP) is 3.75. The molecule has 1 aromatic heterocycles. The maximum Gasteiger partial charge on any atom is 0.256 e. The van der Waals surface area contributed by atoms with Gasteiger partial charge in [-0.15, -0.1) is 0 Å². The van der Waals surface area contributed by atoms with Crippen LogP contribution in [0, 0.1) is 0 Å². The first-order chi connectivity index (χ1) is 12.2. The summed E-state index contributed by atoms with van der Waals surface area (Å²) in [5.41, 5.74) is 3.01. The first-order valence-corrected chi connectivity index (χ1v) is 8.24. The summed E-state index contributed by atoms with van der Waals surface area (Å²) in [5.74, 6) is 1.21. The number of amides is 1. The molecule has 3 rings (SSSR count).